The number of carbonyl (C=O) groups excluding carboxylic acids is 1. The van der Waals surface area contributed by atoms with Crippen molar-refractivity contribution in [3.63, 3.8) is 0 Å². The molecule has 0 bridgehead atoms. The summed E-state index contributed by atoms with van der Waals surface area (Å²) in [4.78, 5) is 30.9. The fourth-order valence-electron chi connectivity index (χ4n) is 3.44. The Morgan fingerprint density at radius 2 is 1.60 bits per heavy atom. The van der Waals surface area contributed by atoms with Gasteiger partial charge in [-0.25, -0.2) is 4.98 Å². The zero-order chi connectivity index (χ0) is 21.1. The minimum absolute atomic E-state index is 0.00621. The monoisotopic (exact) mass is 414 g/mol. The van der Waals surface area contributed by atoms with Crippen LogP contribution in [0.4, 0.5) is 0 Å². The van der Waals surface area contributed by atoms with Crippen LogP contribution in [0.5, 0.6) is 0 Å². The first kappa shape index (κ1) is 20.1. The van der Waals surface area contributed by atoms with Gasteiger partial charge in [0, 0.05) is 5.56 Å². The minimum atomic E-state index is -0.122. The summed E-state index contributed by atoms with van der Waals surface area (Å²) in [5.41, 5.74) is 3.04. The van der Waals surface area contributed by atoms with E-state index in [1.165, 1.54) is 11.8 Å². The van der Waals surface area contributed by atoms with Crippen LogP contribution in [-0.4, -0.2) is 21.1 Å². The van der Waals surface area contributed by atoms with Crippen molar-refractivity contribution >= 4 is 28.4 Å². The molecule has 1 aromatic heterocycles. The van der Waals surface area contributed by atoms with Gasteiger partial charge in [-0.05, 0) is 29.7 Å². The van der Waals surface area contributed by atoms with Crippen LogP contribution in [0, 0.1) is 0 Å². The second-order valence-corrected chi connectivity index (χ2v) is 8.29. The molecular weight excluding hydrogens is 392 g/mol. The highest BCUT2D eigenvalue weighted by Gasteiger charge is 2.18. The fraction of sp³-hybridized carbons (Fsp3) is 0.160. The molecule has 4 rings (SSSR count). The molecule has 0 radical (unpaired) electrons. The van der Waals surface area contributed by atoms with Gasteiger partial charge in [-0.2, -0.15) is 0 Å². The topological polar surface area (TPSA) is 52.0 Å². The lowest BCUT2D eigenvalue weighted by molar-refractivity contribution is 0.102. The molecule has 4 nitrogen and oxygen atoms in total. The van der Waals surface area contributed by atoms with Gasteiger partial charge in [0.25, 0.3) is 5.56 Å². The van der Waals surface area contributed by atoms with E-state index in [1.54, 1.807) is 22.8 Å². The summed E-state index contributed by atoms with van der Waals surface area (Å²) >= 11 is 1.30. The van der Waals surface area contributed by atoms with E-state index < -0.39 is 0 Å². The second kappa shape index (κ2) is 8.67. The Morgan fingerprint density at radius 1 is 0.933 bits per heavy atom. The molecule has 0 atom stereocenters. The maximum atomic E-state index is 13.5. The second-order valence-electron chi connectivity index (χ2n) is 7.34. The Kier molecular flexibility index (Phi) is 5.81. The van der Waals surface area contributed by atoms with Gasteiger partial charge >= 0.3 is 0 Å². The maximum Gasteiger partial charge on any atom is 0.266 e. The first-order valence-corrected chi connectivity index (χ1v) is 10.9. The maximum absolute atomic E-state index is 13.5. The number of hydrogen-bond donors (Lipinski definition) is 0. The molecule has 3 aromatic carbocycles. The quantitative estimate of drug-likeness (QED) is 0.238. The van der Waals surface area contributed by atoms with Gasteiger partial charge in [-0.15, -0.1) is 0 Å². The van der Waals surface area contributed by atoms with Gasteiger partial charge in [-0.1, -0.05) is 86.3 Å². The highest BCUT2D eigenvalue weighted by Crippen LogP contribution is 2.27. The predicted molar refractivity (Wildman–Crippen MR) is 123 cm³/mol. The largest absolute Gasteiger partial charge is 0.293 e. The van der Waals surface area contributed by atoms with E-state index in [1.807, 2.05) is 60.7 Å². The van der Waals surface area contributed by atoms with Gasteiger partial charge in [0.1, 0.15) is 0 Å². The third-order valence-corrected chi connectivity index (χ3v) is 5.91. The van der Waals surface area contributed by atoms with Crippen molar-refractivity contribution in [1.29, 1.82) is 0 Å². The Labute approximate surface area is 179 Å². The molecule has 0 aliphatic carbocycles. The number of para-hydroxylation sites is 2. The Bertz CT molecular complexity index is 1260. The van der Waals surface area contributed by atoms with E-state index in [0.29, 0.717) is 21.6 Å². The van der Waals surface area contributed by atoms with Crippen molar-refractivity contribution in [2.24, 2.45) is 0 Å². The smallest absolute Gasteiger partial charge is 0.266 e. The predicted octanol–water partition coefficient (Wildman–Crippen LogP) is 5.48. The molecule has 0 aliphatic heterocycles. The Morgan fingerprint density at radius 3 is 2.37 bits per heavy atom. The molecule has 0 saturated carbocycles. The fourth-order valence-corrected chi connectivity index (χ4v) is 4.34. The lowest BCUT2D eigenvalue weighted by Gasteiger charge is -2.18. The highest BCUT2D eigenvalue weighted by molar-refractivity contribution is 7.99. The average molecular weight is 415 g/mol. The standard InChI is InChI=1S/C25H22N2O2S/c1-17(2)19-12-7-9-15-22(19)27-24(29)20-13-6-8-14-21(20)26-25(27)30-16-23(28)18-10-4-3-5-11-18/h3-15,17H,16H2,1-2H3. The summed E-state index contributed by atoms with van der Waals surface area (Å²) in [5.74, 6) is 0.452. The van der Waals surface area contributed by atoms with Crippen LogP contribution in [0.3, 0.4) is 0 Å². The summed E-state index contributed by atoms with van der Waals surface area (Å²) in [5, 5.41) is 1.09. The summed E-state index contributed by atoms with van der Waals surface area (Å²) < 4.78 is 1.65. The Balaban J connectivity index is 1.84. The number of ketones is 1. The first-order chi connectivity index (χ1) is 14.6. The third kappa shape index (κ3) is 3.94. The van der Waals surface area contributed by atoms with Gasteiger partial charge in [0.2, 0.25) is 0 Å². The van der Waals surface area contributed by atoms with Crippen LogP contribution in [0.25, 0.3) is 16.6 Å². The lowest BCUT2D eigenvalue weighted by atomic mass is 10.0. The molecule has 0 N–H and O–H groups in total. The molecule has 30 heavy (non-hydrogen) atoms. The Hall–Kier alpha value is -3.18. The number of aromatic nitrogens is 2. The molecule has 0 aliphatic rings. The van der Waals surface area contributed by atoms with Crippen molar-refractivity contribution < 1.29 is 4.79 Å². The van der Waals surface area contributed by atoms with Crippen LogP contribution >= 0.6 is 11.8 Å². The van der Waals surface area contributed by atoms with Crippen LogP contribution < -0.4 is 5.56 Å². The number of hydrogen-bond acceptors (Lipinski definition) is 4. The van der Waals surface area contributed by atoms with Crippen molar-refractivity contribution in [3.8, 4) is 5.69 Å². The number of fused-ring (bicyclic) bond motifs is 1. The minimum Gasteiger partial charge on any atom is -0.293 e. The molecule has 0 saturated heterocycles. The number of nitrogens with zero attached hydrogens (tertiary/aromatic N) is 2. The van der Waals surface area contributed by atoms with E-state index >= 15 is 0 Å². The average Bonchev–Trinajstić information content (AvgIpc) is 2.78. The van der Waals surface area contributed by atoms with Gasteiger partial charge in [0.15, 0.2) is 10.9 Å². The van der Waals surface area contributed by atoms with Crippen LogP contribution in [-0.2, 0) is 0 Å². The molecule has 0 spiro atoms. The lowest BCUT2D eigenvalue weighted by Crippen LogP contribution is -2.23. The van der Waals surface area contributed by atoms with Gasteiger partial charge in [-0.3, -0.25) is 14.2 Å². The molecule has 1 heterocycles. The van der Waals surface area contributed by atoms with E-state index in [2.05, 4.69) is 13.8 Å². The highest BCUT2D eigenvalue weighted by atomic mass is 32.2. The van der Waals surface area contributed by atoms with Crippen LogP contribution in [0.1, 0.15) is 35.7 Å². The molecule has 5 heteroatoms. The van der Waals surface area contributed by atoms with Gasteiger partial charge in [0.05, 0.1) is 22.3 Å². The molecule has 0 unspecified atom stereocenters. The van der Waals surface area contributed by atoms with Crippen molar-refractivity contribution in [3.05, 3.63) is 100 Å². The van der Waals surface area contributed by atoms with E-state index in [-0.39, 0.29) is 23.0 Å². The summed E-state index contributed by atoms with van der Waals surface area (Å²) in [6.45, 7) is 4.20. The summed E-state index contributed by atoms with van der Waals surface area (Å²) in [6, 6.07) is 24.4. The van der Waals surface area contributed by atoms with Gasteiger partial charge < -0.3 is 0 Å². The van der Waals surface area contributed by atoms with Crippen LogP contribution in [0.15, 0.2) is 88.8 Å². The molecule has 4 aromatic rings. The number of Topliss-reactive ketones (excluding diaryl/α,β-unsaturated/α-hetero) is 1. The van der Waals surface area contributed by atoms with E-state index in [9.17, 15) is 9.59 Å². The molecular formula is C25H22N2O2S. The summed E-state index contributed by atoms with van der Waals surface area (Å²) in [7, 11) is 0. The number of thioether (sulfide) groups is 1. The normalized spacial score (nSPS) is 11.2. The SMILES string of the molecule is CC(C)c1ccccc1-n1c(SCC(=O)c2ccccc2)nc2ccccc2c1=O. The van der Waals surface area contributed by atoms with Crippen molar-refractivity contribution in [2.45, 2.75) is 24.9 Å². The number of benzene rings is 3. The van der Waals surface area contributed by atoms with Crippen molar-refractivity contribution in [1.82, 2.24) is 9.55 Å². The van der Waals surface area contributed by atoms with Crippen LogP contribution in [0.2, 0.25) is 0 Å². The zero-order valence-electron chi connectivity index (χ0n) is 16.9. The third-order valence-electron chi connectivity index (χ3n) is 4.97. The molecule has 0 amide bonds. The zero-order valence-corrected chi connectivity index (χ0v) is 17.7. The first-order valence-electron chi connectivity index (χ1n) is 9.88. The van der Waals surface area contributed by atoms with Crippen molar-refractivity contribution in [2.75, 3.05) is 5.75 Å². The molecule has 150 valence electrons. The number of carbonyl (C=O) groups is 1. The van der Waals surface area contributed by atoms with E-state index in [0.717, 1.165) is 11.3 Å². The number of rotatable bonds is 6. The molecule has 0 fully saturated rings. The van der Waals surface area contributed by atoms with E-state index in [4.69, 9.17) is 4.98 Å². The summed E-state index contributed by atoms with van der Waals surface area (Å²) in [6.07, 6.45) is 0.